The Morgan fingerprint density at radius 3 is 2.88 bits per heavy atom. The van der Waals surface area contributed by atoms with Crippen molar-refractivity contribution in [2.75, 3.05) is 6.54 Å². The Bertz CT molecular complexity index is 973. The van der Waals surface area contributed by atoms with Gasteiger partial charge in [-0.2, -0.15) is 0 Å². The van der Waals surface area contributed by atoms with Crippen LogP contribution >= 0.6 is 15.9 Å². The number of carbonyl (C=O) groups is 1. The number of aryl methyl sites for hydroxylation is 1. The van der Waals surface area contributed by atoms with Crippen LogP contribution in [0.5, 0.6) is 0 Å². The largest absolute Gasteiger partial charge is 0.352 e. The lowest BCUT2D eigenvalue weighted by Gasteiger charge is -2.09. The van der Waals surface area contributed by atoms with Crippen molar-refractivity contribution < 1.29 is 4.79 Å². The fourth-order valence-corrected chi connectivity index (χ4v) is 3.13. The molecule has 0 atom stereocenters. The topological polar surface area (TPSA) is 136 Å². The molecule has 4 N–H and O–H groups in total. The molecule has 11 heteroatoms. The van der Waals surface area contributed by atoms with Crippen molar-refractivity contribution >= 4 is 38.9 Å². The number of primary amides is 1. The first-order chi connectivity index (χ1) is 12.0. The molecular formula is C14H19BrN8O2. The van der Waals surface area contributed by atoms with Crippen LogP contribution in [0.25, 0.3) is 16.9 Å². The predicted octanol–water partition coefficient (Wildman–Crippen LogP) is 0.931. The average Bonchev–Trinajstić information content (AvgIpc) is 3.14. The number of H-pyrrole nitrogens is 1. The van der Waals surface area contributed by atoms with Gasteiger partial charge in [0.15, 0.2) is 15.9 Å². The molecule has 0 radical (unpaired) electrons. The van der Waals surface area contributed by atoms with Crippen molar-refractivity contribution in [3.63, 3.8) is 0 Å². The van der Waals surface area contributed by atoms with Gasteiger partial charge in [0.05, 0.1) is 0 Å². The van der Waals surface area contributed by atoms with E-state index < -0.39 is 6.03 Å². The highest BCUT2D eigenvalue weighted by Gasteiger charge is 2.19. The fraction of sp³-hybridized carbons (Fsp3) is 0.500. The molecule has 134 valence electrons. The molecule has 0 aliphatic heterocycles. The third kappa shape index (κ3) is 3.36. The van der Waals surface area contributed by atoms with E-state index in [4.69, 9.17) is 5.73 Å². The summed E-state index contributed by atoms with van der Waals surface area (Å²) < 4.78 is 3.84. The highest BCUT2D eigenvalue weighted by atomic mass is 79.9. The number of halogens is 1. The Morgan fingerprint density at radius 1 is 1.36 bits per heavy atom. The van der Waals surface area contributed by atoms with Crippen molar-refractivity contribution in [3.8, 4) is 0 Å². The maximum atomic E-state index is 12.8. The Balaban J connectivity index is 2.10. The quantitative estimate of drug-likeness (QED) is 0.393. The van der Waals surface area contributed by atoms with Crippen LogP contribution in [0.2, 0.25) is 0 Å². The zero-order chi connectivity index (χ0) is 18.0. The van der Waals surface area contributed by atoms with Crippen molar-refractivity contribution in [2.24, 2.45) is 5.73 Å². The summed E-state index contributed by atoms with van der Waals surface area (Å²) in [7, 11) is 0. The number of nitrogens with one attached hydrogen (secondary N) is 2. The summed E-state index contributed by atoms with van der Waals surface area (Å²) in [6.45, 7) is 3.09. The van der Waals surface area contributed by atoms with Crippen molar-refractivity contribution in [2.45, 2.75) is 39.2 Å². The molecule has 3 heterocycles. The van der Waals surface area contributed by atoms with Crippen molar-refractivity contribution in [3.05, 3.63) is 20.9 Å². The third-order valence-corrected chi connectivity index (χ3v) is 4.29. The predicted molar refractivity (Wildman–Crippen MR) is 95.4 cm³/mol. The smallest absolute Gasteiger partial charge is 0.312 e. The van der Waals surface area contributed by atoms with E-state index in [1.807, 2.05) is 4.57 Å². The number of aromatic nitrogens is 6. The van der Waals surface area contributed by atoms with E-state index in [1.165, 1.54) is 4.40 Å². The third-order valence-electron chi connectivity index (χ3n) is 3.92. The number of amides is 2. The lowest BCUT2D eigenvalue weighted by molar-refractivity contribution is 0.249. The molecule has 3 rings (SSSR count). The number of imidazole rings is 1. The van der Waals surface area contributed by atoms with Crippen LogP contribution in [0.1, 0.15) is 32.0 Å². The van der Waals surface area contributed by atoms with E-state index in [2.05, 4.69) is 48.3 Å². The van der Waals surface area contributed by atoms with Gasteiger partial charge in [0, 0.05) is 19.5 Å². The minimum absolute atomic E-state index is 0.269. The number of hydrogen-bond donors (Lipinski definition) is 3. The molecule has 3 aromatic rings. The number of fused-ring (bicyclic) bond motifs is 2. The fourth-order valence-electron chi connectivity index (χ4n) is 2.76. The summed E-state index contributed by atoms with van der Waals surface area (Å²) in [5, 5.41) is 10.8. The first-order valence-electron chi connectivity index (χ1n) is 8.08. The number of hydrogen-bond acceptors (Lipinski definition) is 5. The van der Waals surface area contributed by atoms with E-state index in [0.717, 1.165) is 19.3 Å². The standard InChI is InChI=1S/C14H19BrN8O2/c1-2-3-4-7-22-10-9(18-12(15)19-10)11(24)23-8(20-21-14(22)23)5-6-17-13(16)25/h2-7H2,1H3,(H,18,19)(H3,16,17,25). The van der Waals surface area contributed by atoms with Gasteiger partial charge in [-0.3, -0.25) is 9.36 Å². The molecule has 0 unspecified atom stereocenters. The summed E-state index contributed by atoms with van der Waals surface area (Å²) in [6.07, 6.45) is 3.44. The maximum absolute atomic E-state index is 12.8. The van der Waals surface area contributed by atoms with Crippen molar-refractivity contribution in [1.29, 1.82) is 0 Å². The van der Waals surface area contributed by atoms with E-state index in [-0.39, 0.29) is 12.1 Å². The second-order valence-corrected chi connectivity index (χ2v) is 6.43. The van der Waals surface area contributed by atoms with E-state index in [0.29, 0.717) is 40.5 Å². The minimum Gasteiger partial charge on any atom is -0.352 e. The highest BCUT2D eigenvalue weighted by Crippen LogP contribution is 2.16. The van der Waals surface area contributed by atoms with Gasteiger partial charge in [-0.25, -0.2) is 14.2 Å². The molecule has 0 spiro atoms. The molecule has 0 aliphatic carbocycles. The SMILES string of the molecule is CCCCCn1c2nc(Br)[nH]c2c(=O)n2c(CCNC(N)=O)nnc12. The molecule has 0 saturated heterocycles. The second-order valence-electron chi connectivity index (χ2n) is 5.68. The Labute approximate surface area is 150 Å². The van der Waals surface area contributed by atoms with Crippen LogP contribution < -0.4 is 16.6 Å². The first-order valence-corrected chi connectivity index (χ1v) is 8.87. The van der Waals surface area contributed by atoms with Crippen LogP contribution in [0.4, 0.5) is 4.79 Å². The molecule has 0 aromatic carbocycles. The number of nitrogens with zero attached hydrogens (tertiary/aromatic N) is 5. The number of carbonyl (C=O) groups excluding carboxylic acids is 1. The summed E-state index contributed by atoms with van der Waals surface area (Å²) >= 11 is 3.29. The van der Waals surface area contributed by atoms with Gasteiger partial charge in [-0.1, -0.05) is 19.8 Å². The number of rotatable bonds is 7. The molecule has 10 nitrogen and oxygen atoms in total. The van der Waals surface area contributed by atoms with E-state index in [9.17, 15) is 9.59 Å². The molecule has 0 saturated carbocycles. The van der Waals surface area contributed by atoms with Crippen LogP contribution in [-0.2, 0) is 13.0 Å². The van der Waals surface area contributed by atoms with Gasteiger partial charge in [0.1, 0.15) is 5.82 Å². The number of nitrogens with two attached hydrogens (primary N) is 1. The lowest BCUT2D eigenvalue weighted by Crippen LogP contribution is -2.31. The maximum Gasteiger partial charge on any atom is 0.312 e. The molecule has 25 heavy (non-hydrogen) atoms. The molecule has 2 amide bonds. The van der Waals surface area contributed by atoms with Gasteiger partial charge in [0.2, 0.25) is 5.78 Å². The van der Waals surface area contributed by atoms with E-state index in [1.54, 1.807) is 0 Å². The zero-order valence-corrected chi connectivity index (χ0v) is 15.3. The first kappa shape index (κ1) is 17.4. The van der Waals surface area contributed by atoms with Crippen molar-refractivity contribution in [1.82, 2.24) is 34.4 Å². The van der Waals surface area contributed by atoms with Gasteiger partial charge in [-0.15, -0.1) is 10.2 Å². The van der Waals surface area contributed by atoms with Crippen LogP contribution in [-0.4, -0.2) is 41.7 Å². The Hall–Kier alpha value is -2.43. The Morgan fingerprint density at radius 2 is 2.16 bits per heavy atom. The molecule has 0 bridgehead atoms. The van der Waals surface area contributed by atoms with Gasteiger partial charge in [0.25, 0.3) is 5.56 Å². The molecular weight excluding hydrogens is 392 g/mol. The number of aromatic amines is 1. The molecule has 3 aromatic heterocycles. The van der Waals surface area contributed by atoms with Gasteiger partial charge in [-0.05, 0) is 22.4 Å². The zero-order valence-electron chi connectivity index (χ0n) is 13.8. The van der Waals surface area contributed by atoms with Gasteiger partial charge < -0.3 is 16.0 Å². The number of urea groups is 1. The molecule has 0 fully saturated rings. The van der Waals surface area contributed by atoms with Crippen LogP contribution in [0, 0.1) is 0 Å². The highest BCUT2D eigenvalue weighted by molar-refractivity contribution is 9.10. The summed E-state index contributed by atoms with van der Waals surface area (Å²) in [5.41, 5.74) is 5.74. The Kier molecular flexibility index (Phi) is 5.02. The van der Waals surface area contributed by atoms with Crippen LogP contribution in [0.3, 0.4) is 0 Å². The monoisotopic (exact) mass is 410 g/mol. The summed E-state index contributed by atoms with van der Waals surface area (Å²) in [4.78, 5) is 31.0. The average molecular weight is 411 g/mol. The second kappa shape index (κ2) is 7.21. The minimum atomic E-state index is -0.620. The summed E-state index contributed by atoms with van der Waals surface area (Å²) in [6, 6.07) is -0.620. The van der Waals surface area contributed by atoms with E-state index >= 15 is 0 Å². The lowest BCUT2D eigenvalue weighted by atomic mass is 10.2. The normalized spacial score (nSPS) is 11.4. The van der Waals surface area contributed by atoms with Gasteiger partial charge >= 0.3 is 6.03 Å². The molecule has 0 aliphatic rings. The summed E-state index contributed by atoms with van der Waals surface area (Å²) in [5.74, 6) is 0.910. The number of unbranched alkanes of at least 4 members (excludes halogenated alkanes) is 2. The van der Waals surface area contributed by atoms with Crippen LogP contribution in [0.15, 0.2) is 9.53 Å².